The maximum Gasteiger partial charge on any atom is 0.306 e. The smallest absolute Gasteiger partial charge is 0.306 e. The van der Waals surface area contributed by atoms with Crippen molar-refractivity contribution in [2.75, 3.05) is 40.9 Å². The number of carbonyl (C=O) groups is 2. The molecule has 0 heterocycles. The Balaban J connectivity index is 5.11. The average molecular weight is 1160 g/mol. The third-order valence-electron chi connectivity index (χ3n) is 16.1. The summed E-state index contributed by atoms with van der Waals surface area (Å²) in [6.07, 6.45) is 75.4. The highest BCUT2D eigenvalue weighted by Crippen LogP contribution is 2.38. The highest BCUT2D eigenvalue weighted by atomic mass is 31.2. The van der Waals surface area contributed by atoms with Crippen LogP contribution in [0.1, 0.15) is 355 Å². The number of hydrogen-bond acceptors (Lipinski definition) is 7. The van der Waals surface area contributed by atoms with Crippen molar-refractivity contribution in [1.29, 1.82) is 0 Å². The van der Waals surface area contributed by atoms with E-state index in [2.05, 4.69) is 50.4 Å². The maximum atomic E-state index is 13.6. The number of phosphoric ester groups is 1. The van der Waals surface area contributed by atoms with E-state index in [0.717, 1.165) is 64.2 Å². The Kier molecular flexibility index (Phi) is 60.0. The molecule has 0 bridgehead atoms. The van der Waals surface area contributed by atoms with Gasteiger partial charge in [-0.15, -0.1) is 0 Å². The molecule has 0 aliphatic rings. The van der Waals surface area contributed by atoms with Crippen molar-refractivity contribution in [1.82, 2.24) is 5.32 Å². The topological polar surface area (TPSA) is 114 Å². The fourth-order valence-electron chi connectivity index (χ4n) is 10.6. The lowest BCUT2D eigenvalue weighted by Gasteiger charge is -2.30. The molecule has 0 aliphatic carbocycles. The third-order valence-corrected chi connectivity index (χ3v) is 17.0. The standard InChI is InChI=1S/C71H137N2O7P/c1-7-10-13-16-19-22-25-28-30-32-34-36-38-40-42-45-48-51-54-57-60-63-70(74)72-68(67-79-81(76,77)78-66-65-73(4,5)6)69(62-59-56-53-50-47-44-27-24-21-18-15-12-9-3)80-71(75)64-61-58-55-52-49-46-43-41-39-37-35-33-31-29-26-23-20-17-14-11-8-2/h19,22,28,30,59,62,68-69H,7-18,20-21,23-27,29,31-58,60-61,63-67H2,1-6H3,(H-,72,74,76,77)/b22-19-,30-28-,62-59+. The number of likely N-dealkylation sites (N-methyl/N-ethyl adjacent to an activating group) is 1. The van der Waals surface area contributed by atoms with Gasteiger partial charge in [-0.3, -0.25) is 14.2 Å². The second-order valence-corrected chi connectivity index (χ2v) is 26.8. The monoisotopic (exact) mass is 1160 g/mol. The lowest BCUT2D eigenvalue weighted by atomic mass is 10.0. The number of rotatable bonds is 65. The van der Waals surface area contributed by atoms with Gasteiger partial charge in [0.1, 0.15) is 19.3 Å². The summed E-state index contributed by atoms with van der Waals surface area (Å²) < 4.78 is 30.5. The fraction of sp³-hybridized carbons (Fsp3) is 0.887. The van der Waals surface area contributed by atoms with Gasteiger partial charge in [0.2, 0.25) is 5.91 Å². The first-order valence-electron chi connectivity index (χ1n) is 35.3. The van der Waals surface area contributed by atoms with Gasteiger partial charge in [0, 0.05) is 12.8 Å². The first kappa shape index (κ1) is 79.2. The molecular formula is C71H137N2O7P. The summed E-state index contributed by atoms with van der Waals surface area (Å²) in [6, 6.07) is -0.886. The quantitative estimate of drug-likeness (QED) is 0.0212. The maximum absolute atomic E-state index is 13.6. The van der Waals surface area contributed by atoms with E-state index < -0.39 is 20.0 Å². The van der Waals surface area contributed by atoms with Gasteiger partial charge in [-0.05, 0) is 63.9 Å². The molecule has 3 unspecified atom stereocenters. The Morgan fingerprint density at radius 2 is 0.753 bits per heavy atom. The number of ether oxygens (including phenoxy) is 1. The Labute approximate surface area is 504 Å². The van der Waals surface area contributed by atoms with E-state index >= 15 is 0 Å². The molecule has 0 saturated heterocycles. The lowest BCUT2D eigenvalue weighted by Crippen LogP contribution is -2.47. The van der Waals surface area contributed by atoms with Crippen LogP contribution in [0.2, 0.25) is 0 Å². The van der Waals surface area contributed by atoms with Gasteiger partial charge >= 0.3 is 5.97 Å². The predicted molar refractivity (Wildman–Crippen MR) is 349 cm³/mol. The van der Waals surface area contributed by atoms with E-state index in [1.807, 2.05) is 33.3 Å². The minimum atomic E-state index is -4.70. The summed E-state index contributed by atoms with van der Waals surface area (Å²) >= 11 is 0. The van der Waals surface area contributed by atoms with Crippen LogP contribution in [-0.2, 0) is 27.9 Å². The number of unbranched alkanes of at least 4 members (excludes halogenated alkanes) is 45. The molecule has 81 heavy (non-hydrogen) atoms. The molecule has 0 radical (unpaired) electrons. The molecule has 9 nitrogen and oxygen atoms in total. The predicted octanol–water partition coefficient (Wildman–Crippen LogP) is 21.6. The van der Waals surface area contributed by atoms with E-state index in [1.54, 1.807) is 0 Å². The number of carbonyl (C=O) groups excluding carboxylic acids is 2. The number of allylic oxidation sites excluding steroid dienone is 5. The fourth-order valence-corrected chi connectivity index (χ4v) is 11.3. The van der Waals surface area contributed by atoms with E-state index in [0.29, 0.717) is 17.4 Å². The van der Waals surface area contributed by atoms with Gasteiger partial charge in [0.05, 0.1) is 33.8 Å². The molecule has 0 aromatic heterocycles. The Morgan fingerprint density at radius 3 is 1.14 bits per heavy atom. The molecular weight excluding hydrogens is 1020 g/mol. The van der Waals surface area contributed by atoms with Crippen molar-refractivity contribution >= 4 is 19.7 Å². The average Bonchev–Trinajstić information content (AvgIpc) is 3.44. The molecule has 0 aliphatic heterocycles. The van der Waals surface area contributed by atoms with Crippen LogP contribution < -0.4 is 10.2 Å². The van der Waals surface area contributed by atoms with E-state index in [4.69, 9.17) is 13.8 Å². The normalized spacial score (nSPS) is 13.7. The second kappa shape index (κ2) is 61.3. The zero-order valence-corrected chi connectivity index (χ0v) is 55.7. The van der Waals surface area contributed by atoms with Crippen LogP contribution in [0.15, 0.2) is 36.5 Å². The zero-order chi connectivity index (χ0) is 59.3. The molecule has 478 valence electrons. The van der Waals surface area contributed by atoms with Gasteiger partial charge in [-0.2, -0.15) is 0 Å². The molecule has 0 aromatic rings. The van der Waals surface area contributed by atoms with E-state index in [1.165, 1.54) is 257 Å². The van der Waals surface area contributed by atoms with Crippen LogP contribution in [0.4, 0.5) is 0 Å². The summed E-state index contributed by atoms with van der Waals surface area (Å²) in [4.78, 5) is 40.2. The molecule has 0 spiro atoms. The summed E-state index contributed by atoms with van der Waals surface area (Å²) in [7, 11) is 1.20. The van der Waals surface area contributed by atoms with Crippen molar-refractivity contribution in [3.05, 3.63) is 36.5 Å². The lowest BCUT2D eigenvalue weighted by molar-refractivity contribution is -0.870. The largest absolute Gasteiger partial charge is 0.756 e. The Hall–Kier alpha value is -1.77. The summed E-state index contributed by atoms with van der Waals surface area (Å²) in [6.45, 7) is 6.88. The Bertz CT molecular complexity index is 1480. The zero-order valence-electron chi connectivity index (χ0n) is 54.8. The minimum Gasteiger partial charge on any atom is -0.756 e. The highest BCUT2D eigenvalue weighted by Gasteiger charge is 2.27. The third kappa shape index (κ3) is 62.6. The van der Waals surface area contributed by atoms with Crippen molar-refractivity contribution in [2.45, 2.75) is 367 Å². The number of hydrogen-bond donors (Lipinski definition) is 1. The first-order valence-corrected chi connectivity index (χ1v) is 36.8. The van der Waals surface area contributed by atoms with Gasteiger partial charge in [0.15, 0.2) is 0 Å². The van der Waals surface area contributed by atoms with Gasteiger partial charge < -0.3 is 28.5 Å². The van der Waals surface area contributed by atoms with Crippen molar-refractivity contribution in [3.8, 4) is 0 Å². The van der Waals surface area contributed by atoms with Crippen LogP contribution in [0, 0.1) is 0 Å². The van der Waals surface area contributed by atoms with Gasteiger partial charge in [0.25, 0.3) is 7.82 Å². The van der Waals surface area contributed by atoms with Crippen LogP contribution in [0.25, 0.3) is 0 Å². The van der Waals surface area contributed by atoms with Crippen LogP contribution in [0.3, 0.4) is 0 Å². The van der Waals surface area contributed by atoms with Gasteiger partial charge in [-0.25, -0.2) is 0 Å². The van der Waals surface area contributed by atoms with Crippen molar-refractivity contribution < 1.29 is 37.3 Å². The van der Waals surface area contributed by atoms with Crippen molar-refractivity contribution in [3.63, 3.8) is 0 Å². The number of nitrogens with zero attached hydrogens (tertiary/aromatic N) is 1. The highest BCUT2D eigenvalue weighted by molar-refractivity contribution is 7.45. The molecule has 3 atom stereocenters. The number of esters is 1. The SMILES string of the molecule is CCCCC/C=C\C/C=C\CCCCCCCCCCCCCC(=O)NC(COP(=O)([O-])OCC[N+](C)(C)C)C(/C=C/CCCCCCCCCCCCC)OC(=O)CCCCCCCCCCCCCCCCCCCCCCC. The van der Waals surface area contributed by atoms with E-state index in [-0.39, 0.29) is 31.5 Å². The van der Waals surface area contributed by atoms with Gasteiger partial charge in [-0.1, -0.05) is 314 Å². The summed E-state index contributed by atoms with van der Waals surface area (Å²) in [5, 5.41) is 3.05. The summed E-state index contributed by atoms with van der Waals surface area (Å²) in [5.74, 6) is -0.523. The molecule has 10 heteroatoms. The first-order chi connectivity index (χ1) is 39.4. The van der Waals surface area contributed by atoms with Crippen LogP contribution >= 0.6 is 7.82 Å². The van der Waals surface area contributed by atoms with Crippen LogP contribution in [-0.4, -0.2) is 69.4 Å². The molecule has 0 saturated carbocycles. The Morgan fingerprint density at radius 1 is 0.432 bits per heavy atom. The number of amides is 1. The van der Waals surface area contributed by atoms with Crippen molar-refractivity contribution in [2.24, 2.45) is 0 Å². The number of phosphoric acid groups is 1. The molecule has 0 fully saturated rings. The molecule has 0 rings (SSSR count). The number of quaternary nitrogens is 1. The second-order valence-electron chi connectivity index (χ2n) is 25.4. The number of nitrogens with one attached hydrogen (secondary N) is 1. The molecule has 0 aromatic carbocycles. The summed E-state index contributed by atoms with van der Waals surface area (Å²) in [5.41, 5.74) is 0. The van der Waals surface area contributed by atoms with Crippen LogP contribution in [0.5, 0.6) is 0 Å². The molecule has 1 amide bonds. The minimum absolute atomic E-state index is 0.0198. The molecule has 1 N–H and O–H groups in total. The van der Waals surface area contributed by atoms with E-state index in [9.17, 15) is 19.0 Å².